The fourth-order valence-electron chi connectivity index (χ4n) is 4.48. The summed E-state index contributed by atoms with van der Waals surface area (Å²) in [7, 11) is 0. The number of carbonyl (C=O) groups excluding carboxylic acids is 2. The highest BCUT2D eigenvalue weighted by molar-refractivity contribution is 6.31. The number of benzene rings is 2. The number of anilines is 2. The third-order valence-corrected chi connectivity index (χ3v) is 6.80. The van der Waals surface area contributed by atoms with Gasteiger partial charge in [-0.2, -0.15) is 0 Å². The van der Waals surface area contributed by atoms with E-state index in [1.807, 2.05) is 18.2 Å². The molecule has 0 saturated heterocycles. The summed E-state index contributed by atoms with van der Waals surface area (Å²) in [6.45, 7) is 0.377. The molecule has 1 aliphatic heterocycles. The molecule has 2 amide bonds. The lowest BCUT2D eigenvalue weighted by atomic mass is 9.85. The molecule has 5 rings (SSSR count). The van der Waals surface area contributed by atoms with Crippen molar-refractivity contribution in [2.45, 2.75) is 37.8 Å². The fourth-order valence-corrected chi connectivity index (χ4v) is 4.83. The Kier molecular flexibility index (Phi) is 6.48. The van der Waals surface area contributed by atoms with Crippen LogP contribution in [-0.2, 0) is 9.59 Å². The number of nitrogens with one attached hydrogen (secondary N) is 3. The smallest absolute Gasteiger partial charge is 0.263 e. The van der Waals surface area contributed by atoms with E-state index in [9.17, 15) is 9.59 Å². The summed E-state index contributed by atoms with van der Waals surface area (Å²) in [5.41, 5.74) is 1.56. The Morgan fingerprint density at radius 1 is 0.941 bits per heavy atom. The van der Waals surface area contributed by atoms with E-state index < -0.39 is 6.10 Å². The van der Waals surface area contributed by atoms with Crippen LogP contribution in [0.25, 0.3) is 10.9 Å². The molecule has 1 aliphatic carbocycles. The quantitative estimate of drug-likeness (QED) is 0.469. The van der Waals surface area contributed by atoms with Crippen LogP contribution in [0.15, 0.2) is 48.5 Å². The van der Waals surface area contributed by atoms with Gasteiger partial charge in [-0.3, -0.25) is 9.59 Å². The van der Waals surface area contributed by atoms with E-state index in [0.29, 0.717) is 41.0 Å². The zero-order valence-corrected chi connectivity index (χ0v) is 19.8. The molecule has 0 radical (unpaired) electrons. The van der Waals surface area contributed by atoms with Gasteiger partial charge in [-0.1, -0.05) is 23.2 Å². The summed E-state index contributed by atoms with van der Waals surface area (Å²) in [5, 5.41) is 11.4. The molecular formula is C25H24Cl2N4O3. The molecule has 2 heterocycles. The summed E-state index contributed by atoms with van der Waals surface area (Å²) in [5.74, 6) is 0.836. The average molecular weight is 499 g/mol. The first-order valence-corrected chi connectivity index (χ1v) is 12.1. The van der Waals surface area contributed by atoms with Gasteiger partial charge in [0.25, 0.3) is 5.91 Å². The highest BCUT2D eigenvalue weighted by Gasteiger charge is 2.31. The number of rotatable bonds is 4. The normalized spacial score (nSPS) is 21.6. The third kappa shape index (κ3) is 5.05. The van der Waals surface area contributed by atoms with E-state index in [4.69, 9.17) is 27.9 Å². The van der Waals surface area contributed by atoms with Gasteiger partial charge in [0.2, 0.25) is 5.91 Å². The Hall–Kier alpha value is -3.03. The second-order valence-corrected chi connectivity index (χ2v) is 9.58. The number of hydrogen-bond acceptors (Lipinski definition) is 5. The van der Waals surface area contributed by atoms with Crippen molar-refractivity contribution in [1.29, 1.82) is 0 Å². The van der Waals surface area contributed by atoms with Gasteiger partial charge in [0.05, 0.1) is 17.7 Å². The summed E-state index contributed by atoms with van der Waals surface area (Å²) in [6, 6.07) is 14.4. The van der Waals surface area contributed by atoms with E-state index in [1.165, 1.54) is 0 Å². The molecule has 1 atom stereocenters. The molecular weight excluding hydrogens is 475 g/mol. The zero-order chi connectivity index (χ0) is 23.7. The molecule has 0 bridgehead atoms. The predicted octanol–water partition coefficient (Wildman–Crippen LogP) is 5.03. The van der Waals surface area contributed by atoms with Gasteiger partial charge in [0.1, 0.15) is 11.6 Å². The van der Waals surface area contributed by atoms with Crippen molar-refractivity contribution >= 4 is 57.4 Å². The van der Waals surface area contributed by atoms with Crippen molar-refractivity contribution < 1.29 is 14.3 Å². The SMILES string of the molecule is O=C(Nc1ccc2cc(Cl)ccc2n1)C1CCC(NC(=O)[C@H]2CNc3cc(Cl)ccc3O2)CC1. The summed E-state index contributed by atoms with van der Waals surface area (Å²) in [6.07, 6.45) is 2.26. The molecule has 2 aromatic carbocycles. The highest BCUT2D eigenvalue weighted by Crippen LogP contribution is 2.32. The van der Waals surface area contributed by atoms with Gasteiger partial charge in [-0.25, -0.2) is 4.98 Å². The number of pyridine rings is 1. The summed E-state index contributed by atoms with van der Waals surface area (Å²) in [4.78, 5) is 30.0. The van der Waals surface area contributed by atoms with Crippen molar-refractivity contribution in [3.8, 4) is 5.75 Å². The summed E-state index contributed by atoms with van der Waals surface area (Å²) >= 11 is 12.0. The molecule has 0 spiro atoms. The molecule has 1 aromatic heterocycles. The molecule has 34 heavy (non-hydrogen) atoms. The van der Waals surface area contributed by atoms with Crippen LogP contribution in [0, 0.1) is 5.92 Å². The molecule has 1 saturated carbocycles. The van der Waals surface area contributed by atoms with Gasteiger partial charge in [0.15, 0.2) is 6.10 Å². The summed E-state index contributed by atoms with van der Waals surface area (Å²) < 4.78 is 5.84. The highest BCUT2D eigenvalue weighted by atomic mass is 35.5. The van der Waals surface area contributed by atoms with Crippen LogP contribution >= 0.6 is 23.2 Å². The maximum Gasteiger partial charge on any atom is 0.263 e. The lowest BCUT2D eigenvalue weighted by Gasteiger charge is -2.31. The average Bonchev–Trinajstić information content (AvgIpc) is 2.84. The number of nitrogens with zero attached hydrogens (tertiary/aromatic N) is 1. The number of aromatic nitrogens is 1. The molecule has 2 aliphatic rings. The molecule has 7 nitrogen and oxygen atoms in total. The van der Waals surface area contributed by atoms with Crippen LogP contribution in [0.3, 0.4) is 0 Å². The second kappa shape index (κ2) is 9.68. The van der Waals surface area contributed by atoms with Crippen molar-refractivity contribution in [2.24, 2.45) is 5.92 Å². The van der Waals surface area contributed by atoms with Crippen molar-refractivity contribution in [3.05, 3.63) is 58.6 Å². The van der Waals surface area contributed by atoms with E-state index >= 15 is 0 Å². The van der Waals surface area contributed by atoms with Gasteiger partial charge >= 0.3 is 0 Å². The number of hydrogen-bond donors (Lipinski definition) is 3. The van der Waals surface area contributed by atoms with Crippen LogP contribution in [0.4, 0.5) is 11.5 Å². The largest absolute Gasteiger partial charge is 0.477 e. The standard InChI is InChI=1S/C25H24Cl2N4O3/c26-16-4-8-19-15(11-16)3-10-23(30-19)31-24(32)14-1-6-18(7-2-14)29-25(33)22-13-28-20-12-17(27)5-9-21(20)34-22/h3-5,8-12,14,18,22,28H,1-2,6-7,13H2,(H,29,33)(H,30,31,32)/t14?,18?,22-/m1/s1. The topological polar surface area (TPSA) is 92.4 Å². The van der Waals surface area contributed by atoms with E-state index in [2.05, 4.69) is 20.9 Å². The first-order valence-electron chi connectivity index (χ1n) is 11.3. The van der Waals surface area contributed by atoms with E-state index in [-0.39, 0.29) is 23.8 Å². The Bertz CT molecular complexity index is 1240. The van der Waals surface area contributed by atoms with Gasteiger partial charge in [0, 0.05) is 27.4 Å². The third-order valence-electron chi connectivity index (χ3n) is 6.33. The minimum absolute atomic E-state index is 0.0234. The predicted molar refractivity (Wildman–Crippen MR) is 134 cm³/mol. The molecule has 176 valence electrons. The van der Waals surface area contributed by atoms with Crippen LogP contribution in [0.5, 0.6) is 5.75 Å². The lowest BCUT2D eigenvalue weighted by molar-refractivity contribution is -0.128. The minimum Gasteiger partial charge on any atom is -0.477 e. The minimum atomic E-state index is -0.608. The monoisotopic (exact) mass is 498 g/mol. The van der Waals surface area contributed by atoms with Crippen LogP contribution in [0.1, 0.15) is 25.7 Å². The number of halogens is 2. The second-order valence-electron chi connectivity index (χ2n) is 8.71. The van der Waals surface area contributed by atoms with E-state index in [1.54, 1.807) is 30.3 Å². The van der Waals surface area contributed by atoms with Crippen molar-refractivity contribution in [3.63, 3.8) is 0 Å². The van der Waals surface area contributed by atoms with E-state index in [0.717, 1.165) is 29.4 Å². The molecule has 9 heteroatoms. The number of amides is 2. The van der Waals surface area contributed by atoms with Crippen molar-refractivity contribution in [1.82, 2.24) is 10.3 Å². The lowest BCUT2D eigenvalue weighted by Crippen LogP contribution is -2.49. The fraction of sp³-hybridized carbons (Fsp3) is 0.320. The zero-order valence-electron chi connectivity index (χ0n) is 18.3. The molecule has 3 N–H and O–H groups in total. The molecule has 1 fully saturated rings. The van der Waals surface area contributed by atoms with Crippen LogP contribution in [0.2, 0.25) is 10.0 Å². The van der Waals surface area contributed by atoms with Gasteiger partial charge in [-0.15, -0.1) is 0 Å². The number of ether oxygens (including phenoxy) is 1. The van der Waals surface area contributed by atoms with Crippen LogP contribution < -0.4 is 20.7 Å². The van der Waals surface area contributed by atoms with Crippen LogP contribution in [-0.4, -0.2) is 35.5 Å². The van der Waals surface area contributed by atoms with Gasteiger partial charge in [-0.05, 0) is 74.2 Å². The Morgan fingerprint density at radius 2 is 1.71 bits per heavy atom. The number of fused-ring (bicyclic) bond motifs is 2. The maximum absolute atomic E-state index is 12.8. The first kappa shape index (κ1) is 22.7. The number of carbonyl (C=O) groups is 2. The van der Waals surface area contributed by atoms with Crippen molar-refractivity contribution in [2.75, 3.05) is 17.2 Å². The molecule has 3 aromatic rings. The maximum atomic E-state index is 12.8. The Labute approximate surface area is 207 Å². The van der Waals surface area contributed by atoms with Gasteiger partial charge < -0.3 is 20.7 Å². The Morgan fingerprint density at radius 3 is 2.53 bits per heavy atom. The molecule has 0 unspecified atom stereocenters. The first-order chi connectivity index (χ1) is 16.4. The Balaban J connectivity index is 1.11.